The molecule has 0 fully saturated rings. The van der Waals surface area contributed by atoms with Crippen molar-refractivity contribution in [3.8, 4) is 0 Å². The summed E-state index contributed by atoms with van der Waals surface area (Å²) < 4.78 is 19.6. The quantitative estimate of drug-likeness (QED) is 0.591. The van der Waals surface area contributed by atoms with Gasteiger partial charge in [-0.3, -0.25) is 0 Å². The molecule has 0 spiro atoms. The molecule has 2 atom stereocenters. The molecule has 3 nitrogen and oxygen atoms in total. The van der Waals surface area contributed by atoms with Gasteiger partial charge in [0.1, 0.15) is 11.9 Å². The summed E-state index contributed by atoms with van der Waals surface area (Å²) in [5, 5.41) is 8.59. The third-order valence-electron chi connectivity index (χ3n) is 3.67. The number of ether oxygens (including phenoxy) is 1. The van der Waals surface area contributed by atoms with E-state index in [1.807, 2.05) is 32.9 Å². The maximum absolute atomic E-state index is 14.0. The second-order valence-electron chi connectivity index (χ2n) is 5.81. The van der Waals surface area contributed by atoms with Crippen LogP contribution >= 0.6 is 0 Å². The van der Waals surface area contributed by atoms with Gasteiger partial charge >= 0.3 is 5.97 Å². The number of allylic oxidation sites excluding steroid dienone is 7. The van der Waals surface area contributed by atoms with Crippen LogP contribution in [0.25, 0.3) is 0 Å². The van der Waals surface area contributed by atoms with Gasteiger partial charge < -0.3 is 9.84 Å². The van der Waals surface area contributed by atoms with Crippen LogP contribution in [0.1, 0.15) is 34.6 Å². The van der Waals surface area contributed by atoms with Crippen molar-refractivity contribution in [2.24, 2.45) is 5.41 Å². The lowest BCUT2D eigenvalue weighted by atomic mass is 9.85. The average Bonchev–Trinajstić information content (AvgIpc) is 2.66. The number of halogens is 1. The standard InChI is InChI=1S/C18H23FO3/c1-12(10-17(20)21)6-7-16(19)13(2)8-9-18(5)11-14(3)22-15(18)4/h6-11,15H,1-5H3,(H,20,21). The molecule has 0 bridgehead atoms. The highest BCUT2D eigenvalue weighted by Crippen LogP contribution is 2.36. The van der Waals surface area contributed by atoms with Crippen LogP contribution in [0.5, 0.6) is 0 Å². The fourth-order valence-corrected chi connectivity index (χ4v) is 2.14. The fourth-order valence-electron chi connectivity index (χ4n) is 2.14. The fraction of sp³-hybridized carbons (Fsp3) is 0.389. The van der Waals surface area contributed by atoms with E-state index in [1.165, 1.54) is 12.2 Å². The highest BCUT2D eigenvalue weighted by molar-refractivity contribution is 5.81. The monoisotopic (exact) mass is 306 g/mol. The summed E-state index contributed by atoms with van der Waals surface area (Å²) in [5.74, 6) is -0.574. The number of carboxylic acid groups (broad SMARTS) is 1. The summed E-state index contributed by atoms with van der Waals surface area (Å²) in [5.41, 5.74) is 0.697. The summed E-state index contributed by atoms with van der Waals surface area (Å²) in [6.07, 6.45) is 9.42. The van der Waals surface area contributed by atoms with Crippen LogP contribution in [0, 0.1) is 5.41 Å². The molecule has 0 aromatic carbocycles. The molecule has 0 radical (unpaired) electrons. The Bertz CT molecular complexity index is 593. The van der Waals surface area contributed by atoms with Gasteiger partial charge in [0.05, 0.1) is 5.76 Å². The largest absolute Gasteiger partial charge is 0.494 e. The van der Waals surface area contributed by atoms with E-state index in [-0.39, 0.29) is 11.5 Å². The molecule has 22 heavy (non-hydrogen) atoms. The maximum atomic E-state index is 14.0. The van der Waals surface area contributed by atoms with Crippen molar-refractivity contribution in [3.63, 3.8) is 0 Å². The van der Waals surface area contributed by atoms with Crippen molar-refractivity contribution >= 4 is 5.97 Å². The van der Waals surface area contributed by atoms with E-state index in [2.05, 4.69) is 0 Å². The number of carboxylic acids is 1. The zero-order chi connectivity index (χ0) is 16.9. The molecule has 1 aliphatic heterocycles. The molecular formula is C18H23FO3. The molecule has 4 heteroatoms. The van der Waals surface area contributed by atoms with Gasteiger partial charge in [0.25, 0.3) is 0 Å². The molecule has 1 heterocycles. The highest BCUT2D eigenvalue weighted by Gasteiger charge is 2.33. The molecule has 1 N–H and O–H groups in total. The van der Waals surface area contributed by atoms with Gasteiger partial charge in [-0.25, -0.2) is 9.18 Å². The van der Waals surface area contributed by atoms with Gasteiger partial charge in [-0.1, -0.05) is 18.2 Å². The van der Waals surface area contributed by atoms with Crippen LogP contribution in [0.15, 0.2) is 59.2 Å². The van der Waals surface area contributed by atoms with E-state index in [0.29, 0.717) is 11.1 Å². The minimum Gasteiger partial charge on any atom is -0.494 e. The molecular weight excluding hydrogens is 283 g/mol. The molecule has 0 saturated carbocycles. The first-order chi connectivity index (χ1) is 10.1. The minimum absolute atomic E-state index is 0.0101. The van der Waals surface area contributed by atoms with Crippen molar-refractivity contribution in [2.45, 2.75) is 40.7 Å². The van der Waals surface area contributed by atoms with Crippen LogP contribution in [0.2, 0.25) is 0 Å². The van der Waals surface area contributed by atoms with Gasteiger partial charge in [-0.15, -0.1) is 0 Å². The lowest BCUT2D eigenvalue weighted by Crippen LogP contribution is -2.22. The zero-order valence-corrected chi connectivity index (χ0v) is 13.7. The summed E-state index contributed by atoms with van der Waals surface area (Å²) in [7, 11) is 0. The molecule has 0 aromatic rings. The number of hydrogen-bond acceptors (Lipinski definition) is 2. The van der Waals surface area contributed by atoms with Gasteiger partial charge in [-0.05, 0) is 57.9 Å². The highest BCUT2D eigenvalue weighted by atomic mass is 19.1. The van der Waals surface area contributed by atoms with Crippen molar-refractivity contribution < 1.29 is 19.0 Å². The number of aliphatic carboxylic acids is 1. The van der Waals surface area contributed by atoms with Crippen molar-refractivity contribution in [1.29, 1.82) is 0 Å². The Labute approximate surface area is 131 Å². The normalized spacial score (nSPS) is 27.1. The lowest BCUT2D eigenvalue weighted by Gasteiger charge is -2.22. The SMILES string of the molecule is CC(C=CC(F)=C(C)C=CC1(C)C=C(C)OC1C)=CC(=O)O. The van der Waals surface area contributed by atoms with Crippen molar-refractivity contribution in [3.05, 3.63) is 59.2 Å². The minimum atomic E-state index is -1.05. The summed E-state index contributed by atoms with van der Waals surface area (Å²) in [6.45, 7) is 9.19. The Kier molecular flexibility index (Phi) is 5.92. The molecule has 0 aliphatic carbocycles. The molecule has 0 amide bonds. The van der Waals surface area contributed by atoms with E-state index in [0.717, 1.165) is 11.8 Å². The van der Waals surface area contributed by atoms with E-state index in [1.54, 1.807) is 19.9 Å². The predicted molar refractivity (Wildman–Crippen MR) is 85.9 cm³/mol. The topological polar surface area (TPSA) is 46.5 Å². The molecule has 2 unspecified atom stereocenters. The molecule has 120 valence electrons. The van der Waals surface area contributed by atoms with Crippen LogP contribution in [0.4, 0.5) is 4.39 Å². The second-order valence-corrected chi connectivity index (χ2v) is 5.81. The molecule has 0 saturated heterocycles. The first-order valence-corrected chi connectivity index (χ1v) is 7.15. The van der Waals surface area contributed by atoms with E-state index >= 15 is 0 Å². The lowest BCUT2D eigenvalue weighted by molar-refractivity contribution is -0.131. The van der Waals surface area contributed by atoms with Gasteiger partial charge in [0.15, 0.2) is 0 Å². The van der Waals surface area contributed by atoms with Gasteiger partial charge in [0, 0.05) is 11.5 Å². The summed E-state index contributed by atoms with van der Waals surface area (Å²) in [6, 6.07) is 0. The third-order valence-corrected chi connectivity index (χ3v) is 3.67. The van der Waals surface area contributed by atoms with Crippen LogP contribution < -0.4 is 0 Å². The number of hydrogen-bond donors (Lipinski definition) is 1. The smallest absolute Gasteiger partial charge is 0.328 e. The van der Waals surface area contributed by atoms with Gasteiger partial charge in [0.2, 0.25) is 0 Å². The van der Waals surface area contributed by atoms with Crippen molar-refractivity contribution in [1.82, 2.24) is 0 Å². The molecule has 1 rings (SSSR count). The van der Waals surface area contributed by atoms with Crippen molar-refractivity contribution in [2.75, 3.05) is 0 Å². The van der Waals surface area contributed by atoms with Crippen LogP contribution in [-0.2, 0) is 9.53 Å². The van der Waals surface area contributed by atoms with Crippen LogP contribution in [-0.4, -0.2) is 17.2 Å². The van der Waals surface area contributed by atoms with Crippen LogP contribution in [0.3, 0.4) is 0 Å². The second kappa shape index (κ2) is 7.25. The number of carbonyl (C=O) groups is 1. The van der Waals surface area contributed by atoms with Gasteiger partial charge in [-0.2, -0.15) is 0 Å². The molecule has 1 aliphatic rings. The average molecular weight is 306 g/mol. The maximum Gasteiger partial charge on any atom is 0.328 e. The predicted octanol–water partition coefficient (Wildman–Crippen LogP) is 4.70. The summed E-state index contributed by atoms with van der Waals surface area (Å²) in [4.78, 5) is 10.5. The molecule has 0 aromatic heterocycles. The Morgan fingerprint density at radius 3 is 2.50 bits per heavy atom. The zero-order valence-electron chi connectivity index (χ0n) is 13.7. The van der Waals surface area contributed by atoms with E-state index in [4.69, 9.17) is 9.84 Å². The first kappa shape index (κ1) is 18.0. The Balaban J connectivity index is 2.86. The Morgan fingerprint density at radius 1 is 1.36 bits per heavy atom. The number of rotatable bonds is 5. The third kappa shape index (κ3) is 5.02. The van der Waals surface area contributed by atoms with E-state index in [9.17, 15) is 9.18 Å². The summed E-state index contributed by atoms with van der Waals surface area (Å²) >= 11 is 0. The Hall–Kier alpha value is -2.10. The van der Waals surface area contributed by atoms with E-state index < -0.39 is 11.8 Å². The Morgan fingerprint density at radius 2 is 2.00 bits per heavy atom. The first-order valence-electron chi connectivity index (χ1n) is 7.15.